The minimum Gasteiger partial charge on any atom is -0.242 e. The van der Waals surface area contributed by atoms with Gasteiger partial charge in [0.2, 0.25) is 0 Å². The Kier molecular flexibility index (Phi) is 12.6. The first kappa shape index (κ1) is 32.1. The standard InChI is InChI=1S/C17H27NOS.C13H19NOS/c1-14(2)12-17(6,18-20(19)16(3,4)5)13-15-10-8-7-9-11-15;1-11(14-16(15)13(2,3)4)10-12-8-6-5-7-9-12/h7-11,18H,1,12-13H2,2-6H3;5-9H,10H2,1-4H3. The third-order valence-corrected chi connectivity index (χ3v) is 8.41. The summed E-state index contributed by atoms with van der Waals surface area (Å²) in [6.45, 7) is 21.8. The zero-order chi connectivity index (χ0) is 27.6. The fraction of sp³-hybridized carbons (Fsp3) is 0.500. The van der Waals surface area contributed by atoms with Crippen molar-refractivity contribution in [3.63, 3.8) is 0 Å². The molecule has 36 heavy (non-hydrogen) atoms. The lowest BCUT2D eigenvalue weighted by Gasteiger charge is -2.34. The highest BCUT2D eigenvalue weighted by atomic mass is 32.2. The van der Waals surface area contributed by atoms with Crippen LogP contribution in [0.25, 0.3) is 0 Å². The van der Waals surface area contributed by atoms with Crippen LogP contribution in [0.2, 0.25) is 0 Å². The van der Waals surface area contributed by atoms with Crippen molar-refractivity contribution in [3.05, 3.63) is 83.9 Å². The molecular weight excluding hydrogens is 484 g/mol. The number of rotatable bonds is 9. The Hall–Kier alpha value is -1.89. The molecular formula is C30H46N2O2S2. The van der Waals surface area contributed by atoms with Crippen molar-refractivity contribution in [2.75, 3.05) is 0 Å². The van der Waals surface area contributed by atoms with Crippen molar-refractivity contribution < 1.29 is 8.42 Å². The molecule has 0 heterocycles. The summed E-state index contributed by atoms with van der Waals surface area (Å²) in [5.74, 6) is 0. The zero-order valence-corrected chi connectivity index (χ0v) is 25.3. The van der Waals surface area contributed by atoms with E-state index in [9.17, 15) is 8.42 Å². The van der Waals surface area contributed by atoms with Gasteiger partial charge in [-0.15, -0.1) is 6.58 Å². The predicted octanol–water partition coefficient (Wildman–Crippen LogP) is 7.16. The van der Waals surface area contributed by atoms with E-state index in [4.69, 9.17) is 0 Å². The summed E-state index contributed by atoms with van der Waals surface area (Å²) in [5.41, 5.74) is 4.22. The van der Waals surface area contributed by atoms with E-state index >= 15 is 0 Å². The Morgan fingerprint density at radius 2 is 1.28 bits per heavy atom. The Balaban J connectivity index is 0.000000369. The van der Waals surface area contributed by atoms with Gasteiger partial charge in [-0.2, -0.15) is 4.40 Å². The molecule has 0 fully saturated rings. The molecule has 2 aromatic carbocycles. The van der Waals surface area contributed by atoms with Crippen molar-refractivity contribution in [2.24, 2.45) is 4.40 Å². The van der Waals surface area contributed by atoms with Crippen LogP contribution in [0.15, 0.2) is 77.2 Å². The summed E-state index contributed by atoms with van der Waals surface area (Å²) >= 11 is 0. The lowest BCUT2D eigenvalue weighted by Crippen LogP contribution is -2.49. The van der Waals surface area contributed by atoms with Crippen molar-refractivity contribution in [1.29, 1.82) is 0 Å². The molecule has 0 aliphatic rings. The van der Waals surface area contributed by atoms with Crippen LogP contribution in [0.5, 0.6) is 0 Å². The maximum atomic E-state index is 12.4. The van der Waals surface area contributed by atoms with E-state index in [1.807, 2.05) is 91.8 Å². The summed E-state index contributed by atoms with van der Waals surface area (Å²) in [5, 5.41) is 0. The average molecular weight is 531 g/mol. The van der Waals surface area contributed by atoms with E-state index in [0.717, 1.165) is 30.5 Å². The second-order valence-corrected chi connectivity index (χ2v) is 15.6. The Bertz CT molecular complexity index is 1040. The highest BCUT2D eigenvalue weighted by Gasteiger charge is 2.31. The molecule has 3 unspecified atom stereocenters. The van der Waals surface area contributed by atoms with E-state index in [2.05, 4.69) is 46.9 Å². The Morgan fingerprint density at radius 3 is 1.69 bits per heavy atom. The molecule has 3 atom stereocenters. The summed E-state index contributed by atoms with van der Waals surface area (Å²) in [6, 6.07) is 20.4. The summed E-state index contributed by atoms with van der Waals surface area (Å²) in [7, 11) is -2.24. The van der Waals surface area contributed by atoms with Crippen LogP contribution in [-0.2, 0) is 34.8 Å². The molecule has 0 radical (unpaired) electrons. The van der Waals surface area contributed by atoms with Gasteiger partial charge in [-0.05, 0) is 86.3 Å². The van der Waals surface area contributed by atoms with Gasteiger partial charge in [0.15, 0.2) is 0 Å². The third-order valence-electron chi connectivity index (χ3n) is 5.09. The monoisotopic (exact) mass is 530 g/mol. The van der Waals surface area contributed by atoms with Gasteiger partial charge in [0, 0.05) is 17.7 Å². The first-order valence-corrected chi connectivity index (χ1v) is 14.7. The normalized spacial score (nSPS) is 15.8. The quantitative estimate of drug-likeness (QED) is 0.276. The van der Waals surface area contributed by atoms with Gasteiger partial charge in [0.25, 0.3) is 0 Å². The number of nitrogens with zero attached hydrogens (tertiary/aromatic N) is 1. The molecule has 0 bridgehead atoms. The minimum absolute atomic E-state index is 0.245. The van der Waals surface area contributed by atoms with Crippen LogP contribution in [0.1, 0.15) is 79.9 Å². The van der Waals surface area contributed by atoms with E-state index in [1.54, 1.807) is 0 Å². The topological polar surface area (TPSA) is 58.5 Å². The minimum atomic E-state index is -1.15. The SMILES string of the molecule is C=C(C)CC(C)(Cc1ccccc1)NS(=O)C(C)(C)C.CC(Cc1ccccc1)=NS(=O)C(C)(C)C. The molecule has 4 nitrogen and oxygen atoms in total. The van der Waals surface area contributed by atoms with Gasteiger partial charge in [-0.3, -0.25) is 0 Å². The summed E-state index contributed by atoms with van der Waals surface area (Å²) < 4.78 is 31.2. The van der Waals surface area contributed by atoms with Gasteiger partial charge in [-0.25, -0.2) is 13.1 Å². The van der Waals surface area contributed by atoms with Crippen molar-refractivity contribution in [1.82, 2.24) is 4.72 Å². The average Bonchev–Trinajstić information content (AvgIpc) is 2.73. The van der Waals surface area contributed by atoms with Crippen LogP contribution < -0.4 is 4.72 Å². The number of benzene rings is 2. The number of nitrogens with one attached hydrogen (secondary N) is 1. The fourth-order valence-corrected chi connectivity index (χ4v) is 4.95. The van der Waals surface area contributed by atoms with Gasteiger partial charge in [0.1, 0.15) is 11.0 Å². The fourth-order valence-electron chi connectivity index (χ4n) is 3.43. The number of hydrogen-bond donors (Lipinski definition) is 1. The van der Waals surface area contributed by atoms with Gasteiger partial charge in [-0.1, -0.05) is 66.2 Å². The third kappa shape index (κ3) is 12.9. The second-order valence-electron chi connectivity index (χ2n) is 11.7. The lowest BCUT2D eigenvalue weighted by molar-refractivity contribution is 0.416. The van der Waals surface area contributed by atoms with Crippen molar-refractivity contribution in [2.45, 2.75) is 96.6 Å². The zero-order valence-electron chi connectivity index (χ0n) is 23.7. The predicted molar refractivity (Wildman–Crippen MR) is 160 cm³/mol. The van der Waals surface area contributed by atoms with Crippen LogP contribution in [0.3, 0.4) is 0 Å². The molecule has 0 saturated carbocycles. The Labute approximate surface area is 225 Å². The molecule has 0 aliphatic carbocycles. The molecule has 200 valence electrons. The van der Waals surface area contributed by atoms with Gasteiger partial charge in [0.05, 0.1) is 20.5 Å². The van der Waals surface area contributed by atoms with Crippen molar-refractivity contribution in [3.8, 4) is 0 Å². The smallest absolute Gasteiger partial charge is 0.144 e. The molecule has 0 saturated heterocycles. The van der Waals surface area contributed by atoms with Crippen LogP contribution >= 0.6 is 0 Å². The van der Waals surface area contributed by atoms with Crippen molar-refractivity contribution >= 4 is 27.7 Å². The highest BCUT2D eigenvalue weighted by Crippen LogP contribution is 2.23. The van der Waals surface area contributed by atoms with Gasteiger partial charge < -0.3 is 0 Å². The molecule has 0 amide bonds. The van der Waals surface area contributed by atoms with E-state index in [0.29, 0.717) is 0 Å². The lowest BCUT2D eigenvalue weighted by atomic mass is 9.88. The van der Waals surface area contributed by atoms with Crippen LogP contribution in [0, 0.1) is 0 Å². The molecule has 0 aromatic heterocycles. The van der Waals surface area contributed by atoms with E-state index in [1.165, 1.54) is 11.1 Å². The Morgan fingerprint density at radius 1 is 0.806 bits per heavy atom. The highest BCUT2D eigenvalue weighted by molar-refractivity contribution is 7.85. The largest absolute Gasteiger partial charge is 0.242 e. The first-order valence-electron chi connectivity index (χ1n) is 12.4. The number of hydrogen-bond acceptors (Lipinski definition) is 2. The molecule has 0 spiro atoms. The van der Waals surface area contributed by atoms with E-state index < -0.39 is 22.0 Å². The van der Waals surface area contributed by atoms with E-state index in [-0.39, 0.29) is 15.0 Å². The maximum Gasteiger partial charge on any atom is 0.144 e. The first-order chi connectivity index (χ1) is 16.5. The van der Waals surface area contributed by atoms with Gasteiger partial charge >= 0.3 is 0 Å². The molecule has 1 N–H and O–H groups in total. The summed E-state index contributed by atoms with van der Waals surface area (Å²) in [6.07, 6.45) is 2.41. The van der Waals surface area contributed by atoms with Crippen LogP contribution in [0.4, 0.5) is 0 Å². The molecule has 0 aliphatic heterocycles. The molecule has 6 heteroatoms. The maximum absolute atomic E-state index is 12.4. The second kappa shape index (κ2) is 14.2. The molecule has 2 rings (SSSR count). The molecule has 2 aromatic rings. The summed E-state index contributed by atoms with van der Waals surface area (Å²) in [4.78, 5) is 0. The van der Waals surface area contributed by atoms with Crippen LogP contribution in [-0.4, -0.2) is 29.2 Å².